The third kappa shape index (κ3) is 4.61. The normalized spacial score (nSPS) is 15.4. The molecule has 2 aromatic heterocycles. The van der Waals surface area contributed by atoms with Gasteiger partial charge >= 0.3 is 0 Å². The van der Waals surface area contributed by atoms with E-state index in [1.54, 1.807) is 58.3 Å². The minimum Gasteiger partial charge on any atom is -0.368 e. The van der Waals surface area contributed by atoms with E-state index in [1.165, 1.54) is 23.6 Å². The number of aromatic nitrogens is 2. The lowest BCUT2D eigenvalue weighted by atomic mass is 10.2. The number of thiazole rings is 1. The molecule has 0 unspecified atom stereocenters. The number of nitrogens with zero attached hydrogens (tertiary/aromatic N) is 4. The summed E-state index contributed by atoms with van der Waals surface area (Å²) in [6.07, 6.45) is 3.29. The summed E-state index contributed by atoms with van der Waals surface area (Å²) in [6, 6.07) is 12.9. The molecule has 1 amide bonds. The fourth-order valence-electron chi connectivity index (χ4n) is 4.35. The molecule has 1 aliphatic rings. The van der Waals surface area contributed by atoms with Gasteiger partial charge in [-0.25, -0.2) is 17.8 Å². The number of halogens is 1. The second-order valence-electron chi connectivity index (χ2n) is 8.33. The van der Waals surface area contributed by atoms with Crippen LogP contribution in [0, 0.1) is 5.82 Å². The Labute approximate surface area is 208 Å². The molecule has 8 nitrogen and oxygen atoms in total. The van der Waals surface area contributed by atoms with Crippen molar-refractivity contribution in [2.24, 2.45) is 0 Å². The van der Waals surface area contributed by atoms with Crippen molar-refractivity contribution >= 4 is 49.0 Å². The number of benzene rings is 2. The highest BCUT2D eigenvalue weighted by molar-refractivity contribution is 7.93. The predicted octanol–water partition coefficient (Wildman–Crippen LogP) is 4.19. The standard InChI is InChI=1S/C24H24FN5O3S2.H2/c1-17(30-11-9-18-3-2-4-21(25)22(18)30)23(31)29-14-12-28(13-15-29)19-5-7-20(8-6-19)35(32,33)27-24-26-10-16-34-24;/h2-11,16-17H,12-15H2,1H3,(H,26,27);1H/t17-;/m1./s1. The number of anilines is 2. The lowest BCUT2D eigenvalue weighted by Crippen LogP contribution is -2.50. The van der Waals surface area contributed by atoms with Crippen molar-refractivity contribution in [3.63, 3.8) is 0 Å². The number of carbonyl (C=O) groups is 1. The van der Waals surface area contributed by atoms with E-state index in [1.807, 2.05) is 12.1 Å². The number of para-hydroxylation sites is 1. The zero-order valence-corrected chi connectivity index (χ0v) is 20.6. The van der Waals surface area contributed by atoms with E-state index in [-0.39, 0.29) is 18.0 Å². The monoisotopic (exact) mass is 515 g/mol. The molecule has 0 radical (unpaired) electrons. The van der Waals surface area contributed by atoms with Gasteiger partial charge in [-0.05, 0) is 43.3 Å². The Hall–Kier alpha value is -3.44. The van der Waals surface area contributed by atoms with Crippen LogP contribution in [0.25, 0.3) is 10.9 Å². The summed E-state index contributed by atoms with van der Waals surface area (Å²) in [4.78, 5) is 21.2. The summed E-state index contributed by atoms with van der Waals surface area (Å²) in [7, 11) is -3.70. The number of fused-ring (bicyclic) bond motifs is 1. The maximum absolute atomic E-state index is 14.4. The molecule has 2 aromatic carbocycles. The first-order valence-corrected chi connectivity index (χ1v) is 13.5. The molecule has 1 N–H and O–H groups in total. The zero-order valence-electron chi connectivity index (χ0n) is 19.0. The third-order valence-electron chi connectivity index (χ3n) is 6.22. The first-order valence-electron chi connectivity index (χ1n) is 11.1. The minimum absolute atomic E-state index is 0. The van der Waals surface area contributed by atoms with Crippen LogP contribution in [0.1, 0.15) is 14.4 Å². The van der Waals surface area contributed by atoms with E-state index in [0.717, 1.165) is 11.1 Å². The molecule has 0 spiro atoms. The fraction of sp³-hybridized carbons (Fsp3) is 0.250. The Kier molecular flexibility index (Phi) is 6.20. The van der Waals surface area contributed by atoms with Crippen LogP contribution in [0.2, 0.25) is 0 Å². The van der Waals surface area contributed by atoms with Crippen molar-refractivity contribution in [1.29, 1.82) is 0 Å². The summed E-state index contributed by atoms with van der Waals surface area (Å²) in [5.41, 5.74) is 1.32. The molecule has 5 rings (SSSR count). The molecule has 4 aromatic rings. The molecule has 11 heteroatoms. The van der Waals surface area contributed by atoms with Gasteiger partial charge in [0.1, 0.15) is 11.9 Å². The lowest BCUT2D eigenvalue weighted by Gasteiger charge is -2.37. The molecule has 0 saturated carbocycles. The Bertz CT molecular complexity index is 1450. The minimum atomic E-state index is -3.70. The maximum atomic E-state index is 14.4. The topological polar surface area (TPSA) is 87.5 Å². The molecular weight excluding hydrogens is 489 g/mol. The highest BCUT2D eigenvalue weighted by Gasteiger charge is 2.27. The molecule has 35 heavy (non-hydrogen) atoms. The number of carbonyl (C=O) groups excluding carboxylic acids is 1. The number of sulfonamides is 1. The molecule has 3 heterocycles. The Balaban J connectivity index is 0.00000304. The molecular formula is C24H26FN5O3S2. The van der Waals surface area contributed by atoms with Crippen molar-refractivity contribution in [2.45, 2.75) is 17.9 Å². The summed E-state index contributed by atoms with van der Waals surface area (Å²) in [5, 5.41) is 2.78. The summed E-state index contributed by atoms with van der Waals surface area (Å²) >= 11 is 1.21. The van der Waals surface area contributed by atoms with E-state index >= 15 is 0 Å². The summed E-state index contributed by atoms with van der Waals surface area (Å²) < 4.78 is 43.6. The SMILES string of the molecule is C[C@H](C(=O)N1CCN(c2ccc(S(=O)(=O)Nc3nccs3)cc2)CC1)n1ccc2cccc(F)c21.[HH]. The average Bonchev–Trinajstić information content (AvgIpc) is 3.54. The van der Waals surface area contributed by atoms with Crippen LogP contribution in [-0.2, 0) is 14.8 Å². The highest BCUT2D eigenvalue weighted by Crippen LogP contribution is 2.26. The van der Waals surface area contributed by atoms with Gasteiger partial charge in [-0.3, -0.25) is 9.52 Å². The Morgan fingerprint density at radius 2 is 1.86 bits per heavy atom. The summed E-state index contributed by atoms with van der Waals surface area (Å²) in [5.74, 6) is -0.399. The predicted molar refractivity (Wildman–Crippen MR) is 137 cm³/mol. The lowest BCUT2D eigenvalue weighted by molar-refractivity contribution is -0.134. The van der Waals surface area contributed by atoms with Gasteiger partial charge in [-0.15, -0.1) is 11.3 Å². The molecule has 1 aliphatic heterocycles. The van der Waals surface area contributed by atoms with Crippen LogP contribution in [0.4, 0.5) is 15.2 Å². The fourth-order valence-corrected chi connectivity index (χ4v) is 6.14. The number of piperazine rings is 1. The number of rotatable bonds is 6. The van der Waals surface area contributed by atoms with Gasteiger partial charge in [0, 0.05) is 56.5 Å². The Morgan fingerprint density at radius 3 is 2.54 bits per heavy atom. The van der Waals surface area contributed by atoms with E-state index in [4.69, 9.17) is 0 Å². The Morgan fingerprint density at radius 1 is 1.11 bits per heavy atom. The van der Waals surface area contributed by atoms with Crippen molar-refractivity contribution in [2.75, 3.05) is 35.8 Å². The molecule has 0 aliphatic carbocycles. The van der Waals surface area contributed by atoms with Crippen LogP contribution < -0.4 is 9.62 Å². The van der Waals surface area contributed by atoms with Crippen LogP contribution in [0.3, 0.4) is 0 Å². The van der Waals surface area contributed by atoms with Gasteiger partial charge in [-0.2, -0.15) is 0 Å². The van der Waals surface area contributed by atoms with Crippen molar-refractivity contribution in [1.82, 2.24) is 14.5 Å². The van der Waals surface area contributed by atoms with Crippen molar-refractivity contribution in [3.8, 4) is 0 Å². The number of nitrogens with one attached hydrogen (secondary N) is 1. The molecule has 1 saturated heterocycles. The first kappa shape index (κ1) is 23.3. The second-order valence-corrected chi connectivity index (χ2v) is 10.9. The van der Waals surface area contributed by atoms with Crippen LogP contribution in [-0.4, -0.2) is 55.0 Å². The van der Waals surface area contributed by atoms with Gasteiger partial charge in [-0.1, -0.05) is 12.1 Å². The molecule has 1 fully saturated rings. The molecule has 0 bridgehead atoms. The molecule has 1 atom stereocenters. The van der Waals surface area contributed by atoms with Gasteiger partial charge in [0.2, 0.25) is 5.91 Å². The van der Waals surface area contributed by atoms with Crippen molar-refractivity contribution in [3.05, 3.63) is 72.1 Å². The number of amides is 1. The van der Waals surface area contributed by atoms with E-state index in [0.29, 0.717) is 36.8 Å². The van der Waals surface area contributed by atoms with E-state index in [9.17, 15) is 17.6 Å². The van der Waals surface area contributed by atoms with Gasteiger partial charge in [0.15, 0.2) is 5.13 Å². The van der Waals surface area contributed by atoms with E-state index < -0.39 is 16.1 Å². The quantitative estimate of drug-likeness (QED) is 0.416. The number of hydrogen-bond acceptors (Lipinski definition) is 6. The largest absolute Gasteiger partial charge is 0.368 e. The third-order valence-corrected chi connectivity index (χ3v) is 8.40. The van der Waals surface area contributed by atoms with Gasteiger partial charge in [0.05, 0.1) is 10.4 Å². The van der Waals surface area contributed by atoms with E-state index in [2.05, 4.69) is 14.6 Å². The smallest absolute Gasteiger partial charge is 0.263 e. The highest BCUT2D eigenvalue weighted by atomic mass is 32.2. The zero-order chi connectivity index (χ0) is 24.6. The first-order chi connectivity index (χ1) is 16.8. The summed E-state index contributed by atoms with van der Waals surface area (Å²) in [6.45, 7) is 4.07. The van der Waals surface area contributed by atoms with Crippen molar-refractivity contribution < 1.29 is 19.0 Å². The maximum Gasteiger partial charge on any atom is 0.263 e. The molecule has 184 valence electrons. The van der Waals surface area contributed by atoms with Crippen LogP contribution >= 0.6 is 11.3 Å². The van der Waals surface area contributed by atoms with Crippen LogP contribution in [0.15, 0.2) is 71.2 Å². The van der Waals surface area contributed by atoms with Gasteiger partial charge < -0.3 is 14.4 Å². The van der Waals surface area contributed by atoms with Crippen LogP contribution in [0.5, 0.6) is 0 Å². The average molecular weight is 516 g/mol. The van der Waals surface area contributed by atoms with Gasteiger partial charge in [0.25, 0.3) is 10.0 Å². The number of hydrogen-bond donors (Lipinski definition) is 1. The second kappa shape index (κ2) is 9.31.